The molecule has 0 atom stereocenters. The molecule has 0 aliphatic rings. The largest absolute Gasteiger partial charge is 0.467 e. The SMILES string of the molecule is CCN(Cc1ccco1)c1ccc(CNC)cc1C#N. The average molecular weight is 269 g/mol. The molecule has 0 bridgehead atoms. The van der Waals surface area contributed by atoms with Gasteiger partial charge in [0.2, 0.25) is 0 Å². The fourth-order valence-corrected chi connectivity index (χ4v) is 2.22. The van der Waals surface area contributed by atoms with E-state index in [1.54, 1.807) is 6.26 Å². The summed E-state index contributed by atoms with van der Waals surface area (Å²) in [6.45, 7) is 4.33. The van der Waals surface area contributed by atoms with Gasteiger partial charge in [0.1, 0.15) is 11.8 Å². The number of nitriles is 1. The van der Waals surface area contributed by atoms with Crippen molar-refractivity contribution in [3.05, 3.63) is 53.5 Å². The Morgan fingerprint density at radius 3 is 2.80 bits per heavy atom. The molecule has 4 heteroatoms. The number of nitrogens with one attached hydrogen (secondary N) is 1. The Balaban J connectivity index is 2.27. The summed E-state index contributed by atoms with van der Waals surface area (Å²) in [4.78, 5) is 2.14. The number of hydrogen-bond donors (Lipinski definition) is 1. The summed E-state index contributed by atoms with van der Waals surface area (Å²) in [5.74, 6) is 0.898. The minimum atomic E-state index is 0.670. The summed E-state index contributed by atoms with van der Waals surface area (Å²) in [5, 5.41) is 12.5. The Morgan fingerprint density at radius 1 is 1.35 bits per heavy atom. The van der Waals surface area contributed by atoms with Gasteiger partial charge < -0.3 is 14.6 Å². The first-order chi connectivity index (χ1) is 9.78. The monoisotopic (exact) mass is 269 g/mol. The molecular formula is C16H19N3O. The van der Waals surface area contributed by atoms with Crippen molar-refractivity contribution in [3.8, 4) is 6.07 Å². The van der Waals surface area contributed by atoms with Crippen molar-refractivity contribution in [1.29, 1.82) is 5.26 Å². The Morgan fingerprint density at radius 2 is 2.20 bits per heavy atom. The van der Waals surface area contributed by atoms with Crippen LogP contribution in [0.2, 0.25) is 0 Å². The summed E-state index contributed by atoms with van der Waals surface area (Å²) >= 11 is 0. The van der Waals surface area contributed by atoms with Gasteiger partial charge in [0.25, 0.3) is 0 Å². The number of nitrogens with zero attached hydrogens (tertiary/aromatic N) is 2. The number of anilines is 1. The maximum Gasteiger partial charge on any atom is 0.123 e. The summed E-state index contributed by atoms with van der Waals surface area (Å²) < 4.78 is 5.39. The Hall–Kier alpha value is -2.25. The van der Waals surface area contributed by atoms with Gasteiger partial charge in [-0.2, -0.15) is 5.26 Å². The lowest BCUT2D eigenvalue weighted by molar-refractivity contribution is 0.503. The lowest BCUT2D eigenvalue weighted by Crippen LogP contribution is -2.22. The molecular weight excluding hydrogens is 250 g/mol. The highest BCUT2D eigenvalue weighted by Crippen LogP contribution is 2.23. The number of rotatable bonds is 6. The molecule has 104 valence electrons. The van der Waals surface area contributed by atoms with Crippen molar-refractivity contribution >= 4 is 5.69 Å². The fraction of sp³-hybridized carbons (Fsp3) is 0.312. The maximum absolute atomic E-state index is 9.36. The van der Waals surface area contributed by atoms with Crippen LogP contribution in [0.3, 0.4) is 0 Å². The zero-order valence-electron chi connectivity index (χ0n) is 11.9. The van der Waals surface area contributed by atoms with Gasteiger partial charge in [-0.1, -0.05) is 6.07 Å². The van der Waals surface area contributed by atoms with Gasteiger partial charge in [0, 0.05) is 13.1 Å². The van der Waals surface area contributed by atoms with Crippen molar-refractivity contribution in [2.24, 2.45) is 0 Å². The Labute approximate surface area is 119 Å². The van der Waals surface area contributed by atoms with Crippen LogP contribution in [0.1, 0.15) is 23.8 Å². The first kappa shape index (κ1) is 14.2. The molecule has 0 amide bonds. The first-order valence-electron chi connectivity index (χ1n) is 6.73. The summed E-state index contributed by atoms with van der Waals surface area (Å²) in [6.07, 6.45) is 1.67. The zero-order valence-corrected chi connectivity index (χ0v) is 11.9. The normalized spacial score (nSPS) is 10.2. The van der Waals surface area contributed by atoms with Crippen LogP contribution in [0.25, 0.3) is 0 Å². The molecule has 0 fully saturated rings. The van der Waals surface area contributed by atoms with Crippen LogP contribution in [0.15, 0.2) is 41.0 Å². The van der Waals surface area contributed by atoms with Gasteiger partial charge in [-0.3, -0.25) is 0 Å². The maximum atomic E-state index is 9.36. The smallest absolute Gasteiger partial charge is 0.123 e. The fourth-order valence-electron chi connectivity index (χ4n) is 2.22. The summed E-state index contributed by atoms with van der Waals surface area (Å²) in [6, 6.07) is 12.1. The van der Waals surface area contributed by atoms with E-state index in [9.17, 15) is 5.26 Å². The van der Waals surface area contributed by atoms with Crippen LogP contribution in [-0.2, 0) is 13.1 Å². The molecule has 20 heavy (non-hydrogen) atoms. The van der Waals surface area contributed by atoms with Gasteiger partial charge in [0.05, 0.1) is 24.1 Å². The van der Waals surface area contributed by atoms with E-state index in [2.05, 4.69) is 29.3 Å². The molecule has 0 aliphatic heterocycles. The molecule has 1 aromatic carbocycles. The van der Waals surface area contributed by atoms with E-state index in [-0.39, 0.29) is 0 Å². The van der Waals surface area contributed by atoms with Crippen molar-refractivity contribution in [3.63, 3.8) is 0 Å². The van der Waals surface area contributed by atoms with Crippen LogP contribution in [-0.4, -0.2) is 13.6 Å². The minimum Gasteiger partial charge on any atom is -0.467 e. The van der Waals surface area contributed by atoms with E-state index in [4.69, 9.17) is 4.42 Å². The summed E-state index contributed by atoms with van der Waals surface area (Å²) in [5.41, 5.74) is 2.76. The molecule has 1 N–H and O–H groups in total. The van der Waals surface area contributed by atoms with E-state index in [0.717, 1.165) is 30.1 Å². The molecule has 4 nitrogen and oxygen atoms in total. The first-order valence-corrected chi connectivity index (χ1v) is 6.73. The van der Waals surface area contributed by atoms with Crippen LogP contribution in [0, 0.1) is 11.3 Å². The highest BCUT2D eigenvalue weighted by molar-refractivity contribution is 5.60. The van der Waals surface area contributed by atoms with Gasteiger partial charge in [-0.05, 0) is 43.8 Å². The number of furan rings is 1. The van der Waals surface area contributed by atoms with E-state index in [0.29, 0.717) is 12.1 Å². The van der Waals surface area contributed by atoms with Crippen LogP contribution in [0.4, 0.5) is 5.69 Å². The van der Waals surface area contributed by atoms with E-state index >= 15 is 0 Å². The predicted octanol–water partition coefficient (Wildman–Crippen LogP) is 2.90. The third kappa shape index (κ3) is 3.19. The highest BCUT2D eigenvalue weighted by atomic mass is 16.3. The van der Waals surface area contributed by atoms with Crippen LogP contribution in [0.5, 0.6) is 0 Å². The predicted molar refractivity (Wildman–Crippen MR) is 79.4 cm³/mol. The Bertz CT molecular complexity index is 584. The number of benzene rings is 1. The molecule has 1 aromatic heterocycles. The standard InChI is InChI=1S/C16H19N3O/c1-3-19(12-15-5-4-8-20-15)16-7-6-13(11-18-2)9-14(16)10-17/h4-9,18H,3,11-12H2,1-2H3. The van der Waals surface area contributed by atoms with Crippen molar-refractivity contribution in [2.75, 3.05) is 18.5 Å². The average Bonchev–Trinajstić information content (AvgIpc) is 2.98. The molecule has 0 radical (unpaired) electrons. The third-order valence-electron chi connectivity index (χ3n) is 3.21. The van der Waals surface area contributed by atoms with Crippen molar-refractivity contribution in [2.45, 2.75) is 20.0 Å². The Kier molecular flexibility index (Phi) is 4.80. The quantitative estimate of drug-likeness (QED) is 0.876. The zero-order chi connectivity index (χ0) is 14.4. The van der Waals surface area contributed by atoms with Crippen molar-refractivity contribution in [1.82, 2.24) is 5.32 Å². The molecule has 0 unspecified atom stereocenters. The van der Waals surface area contributed by atoms with Gasteiger partial charge >= 0.3 is 0 Å². The van der Waals surface area contributed by atoms with Crippen molar-refractivity contribution < 1.29 is 4.42 Å². The topological polar surface area (TPSA) is 52.2 Å². The second kappa shape index (κ2) is 6.78. The minimum absolute atomic E-state index is 0.670. The molecule has 0 saturated heterocycles. The molecule has 2 rings (SSSR count). The molecule has 2 aromatic rings. The second-order valence-electron chi connectivity index (χ2n) is 4.59. The van der Waals surface area contributed by atoms with Crippen LogP contribution < -0.4 is 10.2 Å². The summed E-state index contributed by atoms with van der Waals surface area (Å²) in [7, 11) is 1.90. The van der Waals surface area contributed by atoms with E-state index < -0.39 is 0 Å². The van der Waals surface area contributed by atoms with Gasteiger partial charge in [-0.25, -0.2) is 0 Å². The van der Waals surface area contributed by atoms with Gasteiger partial charge in [-0.15, -0.1) is 0 Å². The number of hydrogen-bond acceptors (Lipinski definition) is 4. The van der Waals surface area contributed by atoms with Crippen LogP contribution >= 0.6 is 0 Å². The van der Waals surface area contributed by atoms with E-state index in [1.807, 2.05) is 31.3 Å². The molecule has 0 saturated carbocycles. The second-order valence-corrected chi connectivity index (χ2v) is 4.59. The van der Waals surface area contributed by atoms with Gasteiger partial charge in [0.15, 0.2) is 0 Å². The third-order valence-corrected chi connectivity index (χ3v) is 3.21. The molecule has 0 aliphatic carbocycles. The van der Waals surface area contributed by atoms with E-state index in [1.165, 1.54) is 0 Å². The molecule has 0 spiro atoms. The lowest BCUT2D eigenvalue weighted by atomic mass is 10.1. The highest BCUT2D eigenvalue weighted by Gasteiger charge is 2.12. The lowest BCUT2D eigenvalue weighted by Gasteiger charge is -2.23. The molecule has 1 heterocycles.